The first-order chi connectivity index (χ1) is 19.3. The molecule has 0 unspecified atom stereocenters. The summed E-state index contributed by atoms with van der Waals surface area (Å²) in [6, 6.07) is 47.6. The molecular weight excluding hydrogens is 476 g/mol. The predicted molar refractivity (Wildman–Crippen MR) is 162 cm³/mol. The average molecular weight is 499 g/mol. The van der Waals surface area contributed by atoms with Crippen molar-refractivity contribution in [2.45, 2.75) is 0 Å². The smallest absolute Gasteiger partial charge is 0.137 e. The average Bonchev–Trinajstić information content (AvgIpc) is 3.64. The first kappa shape index (κ1) is 20.7. The number of rotatable bonds is 2. The number of benzene rings is 6. The Morgan fingerprint density at radius 2 is 0.769 bits per heavy atom. The molecule has 0 fully saturated rings. The van der Waals surface area contributed by atoms with E-state index in [1.54, 1.807) is 0 Å². The number of hydrogen-bond donors (Lipinski definition) is 0. The van der Waals surface area contributed by atoms with Crippen LogP contribution in [0.3, 0.4) is 0 Å². The van der Waals surface area contributed by atoms with Gasteiger partial charge in [0.05, 0.1) is 22.1 Å². The Morgan fingerprint density at radius 1 is 0.333 bits per heavy atom. The van der Waals surface area contributed by atoms with Crippen molar-refractivity contribution in [1.82, 2.24) is 9.13 Å². The minimum absolute atomic E-state index is 0.892. The molecule has 0 N–H and O–H groups in total. The molecule has 9 rings (SSSR count). The summed E-state index contributed by atoms with van der Waals surface area (Å²) in [4.78, 5) is 0. The Balaban J connectivity index is 1.28. The van der Waals surface area contributed by atoms with Crippen molar-refractivity contribution in [2.24, 2.45) is 0 Å². The molecule has 0 aliphatic heterocycles. The summed E-state index contributed by atoms with van der Waals surface area (Å²) < 4.78 is 11.1. The van der Waals surface area contributed by atoms with Gasteiger partial charge >= 0.3 is 0 Å². The maximum Gasteiger partial charge on any atom is 0.137 e. The molecule has 6 aromatic carbocycles. The summed E-state index contributed by atoms with van der Waals surface area (Å²) in [6.45, 7) is 0. The van der Waals surface area contributed by atoms with Gasteiger partial charge in [-0.1, -0.05) is 72.8 Å². The van der Waals surface area contributed by atoms with E-state index in [2.05, 4.69) is 143 Å². The number of nitrogens with zero attached hydrogens (tertiary/aromatic N) is 2. The summed E-state index contributed by atoms with van der Waals surface area (Å²) in [7, 11) is 0. The second kappa shape index (κ2) is 7.62. The summed E-state index contributed by atoms with van der Waals surface area (Å²) in [6.07, 6.45) is 0. The number of aromatic nitrogens is 2. The van der Waals surface area contributed by atoms with Gasteiger partial charge in [0.15, 0.2) is 0 Å². The van der Waals surface area contributed by atoms with Crippen molar-refractivity contribution >= 4 is 65.6 Å². The lowest BCUT2D eigenvalue weighted by Gasteiger charge is -2.08. The fourth-order valence-corrected chi connectivity index (χ4v) is 6.43. The molecule has 3 aromatic heterocycles. The third kappa shape index (κ3) is 2.82. The van der Waals surface area contributed by atoms with Crippen molar-refractivity contribution in [3.05, 3.63) is 133 Å². The van der Waals surface area contributed by atoms with Crippen LogP contribution in [0.1, 0.15) is 0 Å². The van der Waals surface area contributed by atoms with Crippen molar-refractivity contribution in [3.8, 4) is 11.4 Å². The Bertz CT molecular complexity index is 2290. The van der Waals surface area contributed by atoms with Crippen LogP contribution in [-0.2, 0) is 0 Å². The Kier molecular flexibility index (Phi) is 4.05. The molecule has 182 valence electrons. The van der Waals surface area contributed by atoms with Crippen molar-refractivity contribution < 1.29 is 4.42 Å². The molecule has 0 saturated heterocycles. The fourth-order valence-electron chi connectivity index (χ4n) is 6.43. The molecule has 0 bridgehead atoms. The highest BCUT2D eigenvalue weighted by atomic mass is 16.3. The van der Waals surface area contributed by atoms with Crippen molar-refractivity contribution in [3.63, 3.8) is 0 Å². The molecule has 0 amide bonds. The highest BCUT2D eigenvalue weighted by Crippen LogP contribution is 2.37. The van der Waals surface area contributed by atoms with Gasteiger partial charge in [0.1, 0.15) is 11.2 Å². The minimum Gasteiger partial charge on any atom is -0.456 e. The molecule has 0 aliphatic carbocycles. The van der Waals surface area contributed by atoms with E-state index in [9.17, 15) is 0 Å². The van der Waals surface area contributed by atoms with Crippen LogP contribution in [0.25, 0.3) is 76.9 Å². The number of para-hydroxylation sites is 4. The highest BCUT2D eigenvalue weighted by molar-refractivity contribution is 6.12. The maximum absolute atomic E-state index is 6.44. The van der Waals surface area contributed by atoms with Crippen LogP contribution in [-0.4, -0.2) is 9.13 Å². The maximum atomic E-state index is 6.44. The lowest BCUT2D eigenvalue weighted by molar-refractivity contribution is 0.668. The van der Waals surface area contributed by atoms with Crippen LogP contribution in [0.4, 0.5) is 0 Å². The molecule has 0 atom stereocenters. The van der Waals surface area contributed by atoms with Gasteiger partial charge in [-0.25, -0.2) is 0 Å². The van der Waals surface area contributed by atoms with Crippen LogP contribution in [0, 0.1) is 0 Å². The molecule has 0 spiro atoms. The van der Waals surface area contributed by atoms with Gasteiger partial charge < -0.3 is 13.6 Å². The van der Waals surface area contributed by atoms with Gasteiger partial charge in [-0.05, 0) is 54.6 Å². The SMILES string of the molecule is c1ccc2c(c1)c1ccccc1n2-c1ccc2c(c1)oc1ccc(-n3c4ccccc4c4ccccc43)cc12. The first-order valence-electron chi connectivity index (χ1n) is 13.3. The minimum atomic E-state index is 0.892. The molecule has 0 radical (unpaired) electrons. The van der Waals surface area contributed by atoms with E-state index in [1.165, 1.54) is 43.6 Å². The fraction of sp³-hybridized carbons (Fsp3) is 0. The van der Waals surface area contributed by atoms with Gasteiger partial charge in [0.2, 0.25) is 0 Å². The molecule has 0 saturated carbocycles. The van der Waals surface area contributed by atoms with Gasteiger partial charge in [0.25, 0.3) is 0 Å². The van der Waals surface area contributed by atoms with Gasteiger partial charge in [-0.3, -0.25) is 0 Å². The van der Waals surface area contributed by atoms with E-state index in [0.717, 1.165) is 33.3 Å². The summed E-state index contributed by atoms with van der Waals surface area (Å²) in [5.74, 6) is 0. The zero-order chi connectivity index (χ0) is 25.5. The highest BCUT2D eigenvalue weighted by Gasteiger charge is 2.16. The summed E-state index contributed by atoms with van der Waals surface area (Å²) >= 11 is 0. The number of hydrogen-bond acceptors (Lipinski definition) is 1. The standard InChI is InChI=1S/C36H22N2O/c1-5-13-31-25(9-1)26-10-2-6-14-32(26)37(31)23-18-20-35-30(21-23)29-19-17-24(22-36(29)39-35)38-33-15-7-3-11-27(33)28-12-4-8-16-34(28)38/h1-22H. The predicted octanol–water partition coefficient (Wildman–Crippen LogP) is 9.78. The summed E-state index contributed by atoms with van der Waals surface area (Å²) in [5, 5.41) is 7.29. The lowest BCUT2D eigenvalue weighted by atomic mass is 10.1. The van der Waals surface area contributed by atoms with Crippen LogP contribution >= 0.6 is 0 Å². The molecule has 0 aliphatic rings. The van der Waals surface area contributed by atoms with E-state index in [0.29, 0.717) is 0 Å². The topological polar surface area (TPSA) is 23.0 Å². The third-order valence-electron chi connectivity index (χ3n) is 8.11. The van der Waals surface area contributed by atoms with Crippen molar-refractivity contribution in [1.29, 1.82) is 0 Å². The van der Waals surface area contributed by atoms with Gasteiger partial charge in [-0.2, -0.15) is 0 Å². The van der Waals surface area contributed by atoms with E-state index in [1.807, 2.05) is 0 Å². The second-order valence-corrected chi connectivity index (χ2v) is 10.2. The van der Waals surface area contributed by atoms with E-state index in [-0.39, 0.29) is 0 Å². The van der Waals surface area contributed by atoms with E-state index < -0.39 is 0 Å². The molecule has 3 nitrogen and oxygen atoms in total. The molecule has 3 heteroatoms. The quantitative estimate of drug-likeness (QED) is 0.233. The number of fused-ring (bicyclic) bond motifs is 9. The normalized spacial score (nSPS) is 12.1. The number of furan rings is 1. The largest absolute Gasteiger partial charge is 0.456 e. The first-order valence-corrected chi connectivity index (χ1v) is 13.3. The zero-order valence-electron chi connectivity index (χ0n) is 21.0. The molecular formula is C36H22N2O. The zero-order valence-corrected chi connectivity index (χ0v) is 21.0. The molecule has 9 aromatic rings. The lowest BCUT2D eigenvalue weighted by Crippen LogP contribution is -1.93. The Morgan fingerprint density at radius 3 is 1.28 bits per heavy atom. The Hall–Kier alpha value is -5.28. The van der Waals surface area contributed by atoms with Gasteiger partial charge in [-0.15, -0.1) is 0 Å². The van der Waals surface area contributed by atoms with Crippen LogP contribution in [0.5, 0.6) is 0 Å². The molecule has 3 heterocycles. The van der Waals surface area contributed by atoms with E-state index >= 15 is 0 Å². The Labute approximate surface area is 223 Å². The molecule has 39 heavy (non-hydrogen) atoms. The van der Waals surface area contributed by atoms with Crippen LogP contribution in [0.15, 0.2) is 138 Å². The monoisotopic (exact) mass is 498 g/mol. The van der Waals surface area contributed by atoms with E-state index in [4.69, 9.17) is 4.42 Å². The van der Waals surface area contributed by atoms with Crippen LogP contribution in [0.2, 0.25) is 0 Å². The second-order valence-electron chi connectivity index (χ2n) is 10.2. The summed E-state index contributed by atoms with van der Waals surface area (Å²) in [5.41, 5.74) is 8.83. The van der Waals surface area contributed by atoms with Crippen molar-refractivity contribution in [2.75, 3.05) is 0 Å². The van der Waals surface area contributed by atoms with Crippen LogP contribution < -0.4 is 0 Å². The van der Waals surface area contributed by atoms with Gasteiger partial charge in [0, 0.05) is 49.8 Å². The third-order valence-corrected chi connectivity index (χ3v) is 8.11.